The Bertz CT molecular complexity index is 435. The predicted molar refractivity (Wildman–Crippen MR) is 63.4 cm³/mol. The molecule has 1 aromatic rings. The fourth-order valence-corrected chi connectivity index (χ4v) is 1.22. The number of hydrogen-bond acceptors (Lipinski definition) is 2. The third kappa shape index (κ3) is 2.72. The molecule has 0 spiro atoms. The smallest absolute Gasteiger partial charge is 0.263 e. The van der Waals surface area contributed by atoms with Gasteiger partial charge in [-0.3, -0.25) is 9.59 Å². The van der Waals surface area contributed by atoms with E-state index in [0.717, 1.165) is 0 Å². The normalized spacial score (nSPS) is 12.6. The van der Waals surface area contributed by atoms with E-state index in [2.05, 4.69) is 5.32 Å². The number of aryl methyl sites for hydroxylation is 1. The zero-order chi connectivity index (χ0) is 12.3. The second-order valence-electron chi connectivity index (χ2n) is 4.34. The van der Waals surface area contributed by atoms with Gasteiger partial charge >= 0.3 is 0 Å². The lowest BCUT2D eigenvalue weighted by Gasteiger charge is -2.17. The summed E-state index contributed by atoms with van der Waals surface area (Å²) in [6.07, 6.45) is 1.63. The molecule has 88 valence electrons. The minimum atomic E-state index is -0.303. The zero-order valence-corrected chi connectivity index (χ0v) is 10.2. The molecule has 4 nitrogen and oxygen atoms in total. The molecule has 0 unspecified atom stereocenters. The van der Waals surface area contributed by atoms with Gasteiger partial charge in [0.05, 0.1) is 0 Å². The van der Waals surface area contributed by atoms with E-state index in [4.69, 9.17) is 0 Å². The van der Waals surface area contributed by atoms with Crippen LogP contribution in [0.1, 0.15) is 31.1 Å². The minimum Gasteiger partial charge on any atom is -0.349 e. The standard InChI is InChI=1S/C12H18N2O2/c1-8(2)9(3)13-11(15)10-6-5-7-14(4)12(10)16/h5-9H,1-4H3,(H,13,15)/t9-/m1/s1. The number of hydrogen-bond donors (Lipinski definition) is 1. The van der Waals surface area contributed by atoms with Crippen molar-refractivity contribution < 1.29 is 4.79 Å². The molecule has 4 heteroatoms. The Balaban J connectivity index is 2.90. The molecule has 1 aromatic heterocycles. The number of nitrogens with zero attached hydrogens (tertiary/aromatic N) is 1. The third-order valence-electron chi connectivity index (χ3n) is 2.73. The van der Waals surface area contributed by atoms with Gasteiger partial charge in [0, 0.05) is 19.3 Å². The van der Waals surface area contributed by atoms with Crippen LogP contribution in [0, 0.1) is 5.92 Å². The molecule has 0 aromatic carbocycles. The van der Waals surface area contributed by atoms with Gasteiger partial charge in [0.15, 0.2) is 0 Å². The van der Waals surface area contributed by atoms with Gasteiger partial charge in [-0.15, -0.1) is 0 Å². The van der Waals surface area contributed by atoms with Crippen LogP contribution in [0.2, 0.25) is 0 Å². The number of amides is 1. The highest BCUT2D eigenvalue weighted by atomic mass is 16.2. The molecule has 16 heavy (non-hydrogen) atoms. The lowest BCUT2D eigenvalue weighted by Crippen LogP contribution is -2.39. The maximum atomic E-state index is 11.8. The summed E-state index contributed by atoms with van der Waals surface area (Å²) in [7, 11) is 1.63. The van der Waals surface area contributed by atoms with E-state index in [1.54, 1.807) is 25.4 Å². The monoisotopic (exact) mass is 222 g/mol. The fourth-order valence-electron chi connectivity index (χ4n) is 1.22. The topological polar surface area (TPSA) is 51.1 Å². The van der Waals surface area contributed by atoms with Gasteiger partial charge in [-0.1, -0.05) is 13.8 Å². The van der Waals surface area contributed by atoms with E-state index in [1.807, 2.05) is 20.8 Å². The molecule has 0 aliphatic rings. The Labute approximate surface area is 95.3 Å². The van der Waals surface area contributed by atoms with Crippen LogP contribution < -0.4 is 10.9 Å². The van der Waals surface area contributed by atoms with Crippen LogP contribution in [-0.2, 0) is 7.05 Å². The molecule has 1 atom stereocenters. The van der Waals surface area contributed by atoms with Crippen LogP contribution in [0.5, 0.6) is 0 Å². The highest BCUT2D eigenvalue weighted by molar-refractivity contribution is 5.93. The third-order valence-corrected chi connectivity index (χ3v) is 2.73. The minimum absolute atomic E-state index is 0.0532. The second kappa shape index (κ2) is 4.96. The molecule has 1 amide bonds. The van der Waals surface area contributed by atoms with Crippen molar-refractivity contribution in [1.29, 1.82) is 0 Å². The SMILES string of the molecule is CC(C)[C@@H](C)NC(=O)c1cccn(C)c1=O. The maximum absolute atomic E-state index is 11.8. The summed E-state index contributed by atoms with van der Waals surface area (Å²) in [4.78, 5) is 23.5. The predicted octanol–water partition coefficient (Wildman–Crippen LogP) is 1.16. The van der Waals surface area contributed by atoms with Crippen LogP contribution in [0.15, 0.2) is 23.1 Å². The Hall–Kier alpha value is -1.58. The first-order valence-electron chi connectivity index (χ1n) is 5.40. The van der Waals surface area contributed by atoms with Gasteiger partial charge in [-0.25, -0.2) is 0 Å². The quantitative estimate of drug-likeness (QED) is 0.834. The molecular formula is C12H18N2O2. The average Bonchev–Trinajstić information content (AvgIpc) is 2.21. The van der Waals surface area contributed by atoms with Crippen molar-refractivity contribution in [3.8, 4) is 0 Å². The summed E-state index contributed by atoms with van der Waals surface area (Å²) in [5, 5.41) is 2.81. The molecule has 1 N–H and O–H groups in total. The van der Waals surface area contributed by atoms with E-state index >= 15 is 0 Å². The van der Waals surface area contributed by atoms with Crippen LogP contribution in [0.4, 0.5) is 0 Å². The Morgan fingerprint density at radius 3 is 2.56 bits per heavy atom. The van der Waals surface area contributed by atoms with Crippen LogP contribution in [-0.4, -0.2) is 16.5 Å². The van der Waals surface area contributed by atoms with Gasteiger partial charge in [0.25, 0.3) is 11.5 Å². The molecule has 0 saturated carbocycles. The van der Waals surface area contributed by atoms with E-state index in [9.17, 15) is 9.59 Å². The van der Waals surface area contributed by atoms with Crippen molar-refractivity contribution in [2.45, 2.75) is 26.8 Å². The molecule has 0 radical (unpaired) electrons. The molecule has 0 aliphatic heterocycles. The first kappa shape index (κ1) is 12.5. The number of carbonyl (C=O) groups excluding carboxylic acids is 1. The molecule has 0 fully saturated rings. The summed E-state index contributed by atoms with van der Waals surface area (Å²) in [6, 6.07) is 3.29. The highest BCUT2D eigenvalue weighted by Gasteiger charge is 2.15. The highest BCUT2D eigenvalue weighted by Crippen LogP contribution is 2.01. The number of carbonyl (C=O) groups is 1. The van der Waals surface area contributed by atoms with Gasteiger partial charge in [-0.05, 0) is 25.0 Å². The zero-order valence-electron chi connectivity index (χ0n) is 10.2. The number of pyridine rings is 1. The maximum Gasteiger partial charge on any atom is 0.263 e. The Morgan fingerprint density at radius 1 is 1.38 bits per heavy atom. The molecular weight excluding hydrogens is 204 g/mol. The van der Waals surface area contributed by atoms with Gasteiger partial charge in [0.1, 0.15) is 5.56 Å². The Morgan fingerprint density at radius 2 is 2.00 bits per heavy atom. The van der Waals surface area contributed by atoms with Crippen LogP contribution in [0.3, 0.4) is 0 Å². The second-order valence-corrected chi connectivity index (χ2v) is 4.34. The molecule has 1 heterocycles. The molecule has 0 aliphatic carbocycles. The summed E-state index contributed by atoms with van der Waals surface area (Å²) < 4.78 is 1.40. The first-order valence-corrected chi connectivity index (χ1v) is 5.40. The van der Waals surface area contributed by atoms with Gasteiger partial charge in [-0.2, -0.15) is 0 Å². The van der Waals surface area contributed by atoms with Crippen molar-refractivity contribution >= 4 is 5.91 Å². The van der Waals surface area contributed by atoms with E-state index in [-0.39, 0.29) is 23.1 Å². The summed E-state index contributed by atoms with van der Waals surface area (Å²) in [6.45, 7) is 5.97. The van der Waals surface area contributed by atoms with E-state index in [0.29, 0.717) is 5.92 Å². The fraction of sp³-hybridized carbons (Fsp3) is 0.500. The van der Waals surface area contributed by atoms with Crippen molar-refractivity contribution in [2.24, 2.45) is 13.0 Å². The summed E-state index contributed by atoms with van der Waals surface area (Å²) >= 11 is 0. The number of aromatic nitrogens is 1. The van der Waals surface area contributed by atoms with Crippen molar-refractivity contribution in [3.05, 3.63) is 34.2 Å². The van der Waals surface area contributed by atoms with Crippen LogP contribution in [0.25, 0.3) is 0 Å². The number of nitrogens with one attached hydrogen (secondary N) is 1. The number of rotatable bonds is 3. The van der Waals surface area contributed by atoms with E-state index in [1.165, 1.54) is 4.57 Å². The Kier molecular flexibility index (Phi) is 3.88. The summed E-state index contributed by atoms with van der Waals surface area (Å²) in [5.74, 6) is 0.0407. The van der Waals surface area contributed by atoms with Gasteiger partial charge in [0.2, 0.25) is 0 Å². The van der Waals surface area contributed by atoms with Crippen LogP contribution >= 0.6 is 0 Å². The molecule has 1 rings (SSSR count). The van der Waals surface area contributed by atoms with E-state index < -0.39 is 0 Å². The largest absolute Gasteiger partial charge is 0.349 e. The van der Waals surface area contributed by atoms with Gasteiger partial charge < -0.3 is 9.88 Å². The van der Waals surface area contributed by atoms with Crippen molar-refractivity contribution in [1.82, 2.24) is 9.88 Å². The average molecular weight is 222 g/mol. The molecule has 0 bridgehead atoms. The lowest BCUT2D eigenvalue weighted by molar-refractivity contribution is 0.0928. The van der Waals surface area contributed by atoms with Crippen molar-refractivity contribution in [2.75, 3.05) is 0 Å². The molecule has 0 saturated heterocycles. The van der Waals surface area contributed by atoms with Crippen molar-refractivity contribution in [3.63, 3.8) is 0 Å². The first-order chi connectivity index (χ1) is 7.43. The lowest BCUT2D eigenvalue weighted by atomic mass is 10.1. The summed E-state index contributed by atoms with van der Waals surface area (Å²) in [5.41, 5.74) is -0.0755.